The van der Waals surface area contributed by atoms with E-state index < -0.39 is 20.3 Å². The molecule has 0 radical (unpaired) electrons. The van der Waals surface area contributed by atoms with Gasteiger partial charge in [0, 0.05) is 45.6 Å². The lowest BCUT2D eigenvalue weighted by atomic mass is 10.1. The summed E-state index contributed by atoms with van der Waals surface area (Å²) in [6, 6.07) is 7.04. The molecule has 11 heteroatoms. The molecule has 1 aromatic carbocycles. The van der Waals surface area contributed by atoms with Crippen LogP contribution in [0.25, 0.3) is 0 Å². The second kappa shape index (κ2) is 12.6. The lowest BCUT2D eigenvalue weighted by Gasteiger charge is -2.38. The summed E-state index contributed by atoms with van der Waals surface area (Å²) in [7, 11) is 0.650. The average molecular weight is 492 g/mol. The number of rotatable bonds is 13. The van der Waals surface area contributed by atoms with Crippen LogP contribution in [-0.2, 0) is 24.7 Å². The van der Waals surface area contributed by atoms with Crippen molar-refractivity contribution in [2.45, 2.75) is 27.3 Å². The molecule has 1 atom stereocenters. The lowest BCUT2D eigenvalue weighted by molar-refractivity contribution is 0.0696. The van der Waals surface area contributed by atoms with E-state index in [-0.39, 0.29) is 5.90 Å². The van der Waals surface area contributed by atoms with Crippen LogP contribution < -0.4 is 0 Å². The lowest BCUT2D eigenvalue weighted by Crippen LogP contribution is -2.46. The number of benzene rings is 1. The van der Waals surface area contributed by atoms with E-state index in [2.05, 4.69) is 18.3 Å². The zero-order chi connectivity index (χ0) is 22.9. The first kappa shape index (κ1) is 26.7. The van der Waals surface area contributed by atoms with Crippen molar-refractivity contribution >= 4 is 28.9 Å². The summed E-state index contributed by atoms with van der Waals surface area (Å²) in [4.78, 5) is 15.7. The number of carbonyl (C=O) groups is 1. The Bertz CT molecular complexity index is 787. The van der Waals surface area contributed by atoms with Gasteiger partial charge in [0.15, 0.2) is 0 Å². The van der Waals surface area contributed by atoms with E-state index in [1.807, 2.05) is 32.9 Å². The smallest absolute Gasteiger partial charge is 0.337 e. The van der Waals surface area contributed by atoms with Gasteiger partial charge in [-0.25, -0.2) is 4.79 Å². The normalized spacial score (nSPS) is 18.0. The van der Waals surface area contributed by atoms with Gasteiger partial charge >= 0.3 is 13.6 Å². The second-order valence-electron chi connectivity index (χ2n) is 7.43. The first-order valence-electron chi connectivity index (χ1n) is 10.6. The fraction of sp³-hybridized carbons (Fsp3) is 0.650. The van der Waals surface area contributed by atoms with Crippen LogP contribution in [0, 0.1) is 0 Å². The largest absolute Gasteiger partial charge is 0.478 e. The predicted molar refractivity (Wildman–Crippen MR) is 128 cm³/mol. The first-order valence-corrected chi connectivity index (χ1v) is 15.8. The van der Waals surface area contributed by atoms with E-state index in [1.165, 1.54) is 0 Å². The van der Waals surface area contributed by atoms with E-state index in [1.54, 1.807) is 12.1 Å². The molecule has 1 fully saturated rings. The molecule has 176 valence electrons. The van der Waals surface area contributed by atoms with Gasteiger partial charge in [0.05, 0.1) is 31.5 Å². The van der Waals surface area contributed by atoms with Crippen LogP contribution in [0.2, 0.25) is 0 Å². The highest BCUT2D eigenvalue weighted by atomic mass is 31.8. The number of piperazine rings is 1. The Labute approximate surface area is 187 Å². The molecule has 0 saturated carbocycles. The quantitative estimate of drug-likeness (QED) is 0.396. The fourth-order valence-corrected chi connectivity index (χ4v) is 12.1. The van der Waals surface area contributed by atoms with Crippen LogP contribution in [0.15, 0.2) is 24.3 Å². The Balaban J connectivity index is 1.93. The minimum Gasteiger partial charge on any atom is -0.478 e. The topological polar surface area (TPSA) is 88.5 Å². The van der Waals surface area contributed by atoms with Crippen LogP contribution in [-0.4, -0.2) is 79.1 Å². The van der Waals surface area contributed by atoms with Gasteiger partial charge in [-0.05, 0) is 38.5 Å². The molecule has 1 aliphatic rings. The van der Waals surface area contributed by atoms with Crippen LogP contribution >= 0.6 is 22.9 Å². The third-order valence-corrected chi connectivity index (χ3v) is 13.1. The van der Waals surface area contributed by atoms with Crippen molar-refractivity contribution in [2.24, 2.45) is 0 Å². The van der Waals surface area contributed by atoms with Gasteiger partial charge in [0.1, 0.15) is 0 Å². The van der Waals surface area contributed by atoms with Gasteiger partial charge in [-0.1, -0.05) is 20.7 Å². The molecule has 1 aromatic rings. The van der Waals surface area contributed by atoms with Crippen molar-refractivity contribution in [1.82, 2.24) is 9.80 Å². The van der Waals surface area contributed by atoms with E-state index >= 15 is 0 Å². The molecule has 0 aliphatic carbocycles. The van der Waals surface area contributed by atoms with Crippen molar-refractivity contribution in [2.75, 3.05) is 58.2 Å². The summed E-state index contributed by atoms with van der Waals surface area (Å²) in [5, 5.41) is 9.03. The van der Waals surface area contributed by atoms with Crippen LogP contribution in [0.1, 0.15) is 36.7 Å². The van der Waals surface area contributed by atoms with E-state index in [0.717, 1.165) is 38.3 Å². The predicted octanol–water partition coefficient (Wildman–Crippen LogP) is 4.71. The van der Waals surface area contributed by atoms with Crippen LogP contribution in [0.3, 0.4) is 0 Å². The van der Waals surface area contributed by atoms with Crippen molar-refractivity contribution in [3.63, 3.8) is 0 Å². The van der Waals surface area contributed by atoms with E-state index in [9.17, 15) is 9.36 Å². The zero-order valence-corrected chi connectivity index (χ0v) is 21.4. The molecule has 31 heavy (non-hydrogen) atoms. The summed E-state index contributed by atoms with van der Waals surface area (Å²) < 4.78 is 30.1. The van der Waals surface area contributed by atoms with Gasteiger partial charge in [-0.3, -0.25) is 14.4 Å². The van der Waals surface area contributed by atoms with Gasteiger partial charge < -0.3 is 18.7 Å². The minimum atomic E-state index is -3.21. The number of nitrogens with zero attached hydrogens (tertiary/aromatic N) is 2. The SMILES string of the molecule is CCOP(=O)(CP(=P)(CN1CCN(Cc2ccc(C(=O)O)cc2)CC1)OCC)OCC. The van der Waals surface area contributed by atoms with Crippen molar-refractivity contribution in [3.05, 3.63) is 35.4 Å². The zero-order valence-electron chi connectivity index (χ0n) is 18.7. The highest BCUT2D eigenvalue weighted by Gasteiger charge is 2.34. The monoisotopic (exact) mass is 492 g/mol. The standard InChI is InChI=1S/C20H35N2O6P3/c1-4-26-30(29,17-31(25,27-5-2)28-6-3)16-22-13-11-21(12-14-22)15-18-7-9-19(10-8-18)20(23)24/h7-10,29H,4-6,11-17H2,1-3H3,(H,23,24). The molecule has 1 heterocycles. The molecule has 1 aliphatic heterocycles. The molecule has 0 aromatic heterocycles. The van der Waals surface area contributed by atoms with E-state index in [4.69, 9.17) is 18.7 Å². The second-order valence-corrected chi connectivity index (χ2v) is 15.1. The fourth-order valence-electron chi connectivity index (χ4n) is 3.59. The summed E-state index contributed by atoms with van der Waals surface area (Å²) in [5.74, 6) is -0.656. The summed E-state index contributed by atoms with van der Waals surface area (Å²) in [6.45, 7) is 8.92. The van der Waals surface area contributed by atoms with Crippen LogP contribution in [0.4, 0.5) is 0 Å². The Kier molecular flexibility index (Phi) is 10.9. The molecule has 8 nitrogen and oxygen atoms in total. The first-order chi connectivity index (χ1) is 14.7. The van der Waals surface area contributed by atoms with Crippen molar-refractivity contribution in [3.8, 4) is 0 Å². The highest BCUT2D eigenvalue weighted by Crippen LogP contribution is 2.66. The van der Waals surface area contributed by atoms with Gasteiger partial charge in [-0.15, -0.1) is 0 Å². The molecule has 0 spiro atoms. The van der Waals surface area contributed by atoms with Gasteiger partial charge in [0.2, 0.25) is 0 Å². The Hall–Kier alpha value is -0.550. The maximum Gasteiger partial charge on any atom is 0.337 e. The molecular weight excluding hydrogens is 457 g/mol. The maximum absolute atomic E-state index is 13.1. The van der Waals surface area contributed by atoms with Crippen LogP contribution in [0.5, 0.6) is 0 Å². The summed E-state index contributed by atoms with van der Waals surface area (Å²) >= 11 is 0. The molecule has 0 amide bonds. The van der Waals surface area contributed by atoms with Gasteiger partial charge in [0.25, 0.3) is 0 Å². The molecule has 0 bridgehead atoms. The molecule has 2 rings (SSSR count). The van der Waals surface area contributed by atoms with Crippen molar-refractivity contribution in [1.29, 1.82) is 0 Å². The number of aromatic carboxylic acids is 1. The Morgan fingerprint density at radius 1 is 0.968 bits per heavy atom. The molecule has 1 N–H and O–H groups in total. The summed E-state index contributed by atoms with van der Waals surface area (Å²) in [6.07, 6.45) is 0.684. The highest BCUT2D eigenvalue weighted by molar-refractivity contribution is 8.00. The van der Waals surface area contributed by atoms with Gasteiger partial charge in [-0.2, -0.15) is 0 Å². The number of carboxylic acids is 1. The molecular formula is C20H35N2O6P3. The summed E-state index contributed by atoms with van der Waals surface area (Å²) in [5.41, 5.74) is 1.41. The average Bonchev–Trinajstić information content (AvgIpc) is 2.70. The number of hydrogen-bond donors (Lipinski definition) is 1. The third-order valence-electron chi connectivity index (χ3n) is 4.93. The van der Waals surface area contributed by atoms with Crippen molar-refractivity contribution < 1.29 is 28.0 Å². The molecule has 1 saturated heterocycles. The number of carboxylic acid groups (broad SMARTS) is 1. The molecule has 1 unspecified atom stereocenters. The Morgan fingerprint density at radius 2 is 1.48 bits per heavy atom. The van der Waals surface area contributed by atoms with E-state index in [0.29, 0.717) is 31.7 Å². The maximum atomic E-state index is 13.1. The Morgan fingerprint density at radius 3 is 1.97 bits per heavy atom. The minimum absolute atomic E-state index is 0.253. The number of hydrogen-bond acceptors (Lipinski definition) is 7. The third kappa shape index (κ3) is 8.72.